The van der Waals surface area contributed by atoms with Crippen LogP contribution in [0.15, 0.2) is 58.1 Å². The van der Waals surface area contributed by atoms with E-state index in [-0.39, 0.29) is 31.1 Å². The molecule has 0 unspecified atom stereocenters. The molecular weight excluding hydrogens is 412 g/mol. The minimum atomic E-state index is -0.521. The van der Waals surface area contributed by atoms with Gasteiger partial charge in [0.2, 0.25) is 5.91 Å². The van der Waals surface area contributed by atoms with Crippen LogP contribution in [-0.2, 0) is 24.4 Å². The molecule has 0 aliphatic carbocycles. The summed E-state index contributed by atoms with van der Waals surface area (Å²) >= 11 is 0. The van der Waals surface area contributed by atoms with Gasteiger partial charge in [0.15, 0.2) is 5.82 Å². The lowest BCUT2D eigenvalue weighted by Crippen LogP contribution is -2.42. The molecule has 10 nitrogen and oxygen atoms in total. The van der Waals surface area contributed by atoms with Gasteiger partial charge in [0.25, 0.3) is 5.56 Å². The molecule has 0 spiro atoms. The summed E-state index contributed by atoms with van der Waals surface area (Å²) in [5, 5.41) is 10.1. The predicted octanol–water partition coefficient (Wildman–Crippen LogP) is 1.29. The Hall–Kier alpha value is -4.21. The largest absolute Gasteiger partial charge is 0.497 e. The molecule has 32 heavy (non-hydrogen) atoms. The number of benzene rings is 2. The van der Waals surface area contributed by atoms with E-state index in [1.807, 2.05) is 24.3 Å². The second-order valence-electron chi connectivity index (χ2n) is 7.05. The first-order valence-electron chi connectivity index (χ1n) is 10.1. The molecule has 164 valence electrons. The summed E-state index contributed by atoms with van der Waals surface area (Å²) in [6.07, 6.45) is 0. The zero-order chi connectivity index (χ0) is 22.7. The van der Waals surface area contributed by atoms with E-state index in [0.717, 1.165) is 15.9 Å². The number of nitrogens with zero attached hydrogens (tertiary/aromatic N) is 4. The number of H-pyrrole nitrogens is 1. The van der Waals surface area contributed by atoms with Gasteiger partial charge in [-0.1, -0.05) is 12.1 Å². The number of ether oxygens (including phenoxy) is 1. The summed E-state index contributed by atoms with van der Waals surface area (Å²) in [6, 6.07) is 14.0. The number of aromatic nitrogens is 5. The smallest absolute Gasteiger partial charge is 0.331 e. The fraction of sp³-hybridized carbons (Fsp3) is 0.227. The van der Waals surface area contributed by atoms with Crippen molar-refractivity contribution < 1.29 is 9.53 Å². The molecule has 2 heterocycles. The Kier molecular flexibility index (Phi) is 5.84. The van der Waals surface area contributed by atoms with Gasteiger partial charge in [0.05, 0.1) is 24.6 Å². The van der Waals surface area contributed by atoms with Crippen LogP contribution < -0.4 is 21.3 Å². The molecule has 0 fully saturated rings. The third-order valence-corrected chi connectivity index (χ3v) is 5.08. The van der Waals surface area contributed by atoms with Crippen molar-refractivity contribution in [2.24, 2.45) is 0 Å². The minimum absolute atomic E-state index is 0.113. The lowest BCUT2D eigenvalue weighted by Gasteiger charge is -2.12. The van der Waals surface area contributed by atoms with Crippen LogP contribution in [0.5, 0.6) is 5.75 Å². The van der Waals surface area contributed by atoms with Gasteiger partial charge in [-0.15, -0.1) is 0 Å². The molecule has 0 radical (unpaired) electrons. The van der Waals surface area contributed by atoms with E-state index in [2.05, 4.69) is 20.5 Å². The Bertz CT molecular complexity index is 1380. The second kappa shape index (κ2) is 8.88. The lowest BCUT2D eigenvalue weighted by atomic mass is 10.2. The predicted molar refractivity (Wildman–Crippen MR) is 118 cm³/mol. The maximum absolute atomic E-state index is 12.8. The number of nitrogens with one attached hydrogen (secondary N) is 2. The topological polar surface area (TPSA) is 124 Å². The number of hydrogen-bond donors (Lipinski definition) is 2. The van der Waals surface area contributed by atoms with Gasteiger partial charge in [-0.05, 0) is 43.3 Å². The van der Waals surface area contributed by atoms with Gasteiger partial charge in [-0.3, -0.25) is 23.8 Å². The van der Waals surface area contributed by atoms with Gasteiger partial charge in [-0.2, -0.15) is 5.10 Å². The molecule has 4 rings (SSSR count). The number of carbonyl (C=O) groups is 1. The van der Waals surface area contributed by atoms with Crippen molar-refractivity contribution in [2.45, 2.75) is 26.6 Å². The van der Waals surface area contributed by atoms with Crippen LogP contribution in [0, 0.1) is 0 Å². The van der Waals surface area contributed by atoms with Crippen molar-refractivity contribution in [1.82, 2.24) is 29.6 Å². The first-order valence-corrected chi connectivity index (χ1v) is 10.1. The van der Waals surface area contributed by atoms with Crippen LogP contribution in [0.25, 0.3) is 22.3 Å². The Labute approximate surface area is 182 Å². The minimum Gasteiger partial charge on any atom is -0.497 e. The summed E-state index contributed by atoms with van der Waals surface area (Å²) in [7, 11) is 1.59. The van der Waals surface area contributed by atoms with Gasteiger partial charge >= 0.3 is 5.69 Å². The number of hydrogen-bond acceptors (Lipinski definition) is 6. The van der Waals surface area contributed by atoms with Crippen LogP contribution in [0.3, 0.4) is 0 Å². The molecule has 2 aromatic heterocycles. The fourth-order valence-corrected chi connectivity index (χ4v) is 3.43. The van der Waals surface area contributed by atoms with Crippen molar-refractivity contribution in [1.29, 1.82) is 0 Å². The van der Waals surface area contributed by atoms with E-state index >= 15 is 0 Å². The molecule has 0 aliphatic heterocycles. The zero-order valence-electron chi connectivity index (χ0n) is 17.7. The van der Waals surface area contributed by atoms with Crippen LogP contribution in [0.2, 0.25) is 0 Å². The lowest BCUT2D eigenvalue weighted by molar-refractivity contribution is -0.121. The maximum Gasteiger partial charge on any atom is 0.331 e. The van der Waals surface area contributed by atoms with Crippen molar-refractivity contribution >= 4 is 16.8 Å². The Morgan fingerprint density at radius 3 is 2.56 bits per heavy atom. The summed E-state index contributed by atoms with van der Waals surface area (Å²) in [6.45, 7) is 1.82. The van der Waals surface area contributed by atoms with Crippen LogP contribution in [0.4, 0.5) is 0 Å². The Morgan fingerprint density at radius 2 is 1.84 bits per heavy atom. The van der Waals surface area contributed by atoms with Crippen molar-refractivity contribution in [3.63, 3.8) is 0 Å². The molecule has 2 N–H and O–H groups in total. The number of carbonyl (C=O) groups excluding carboxylic acids is 1. The van der Waals surface area contributed by atoms with Crippen molar-refractivity contribution in [2.75, 3.05) is 7.11 Å². The van der Waals surface area contributed by atoms with Gasteiger partial charge in [-0.25, -0.2) is 9.78 Å². The average molecular weight is 434 g/mol. The first kappa shape index (κ1) is 21.0. The Morgan fingerprint density at radius 1 is 1.09 bits per heavy atom. The maximum atomic E-state index is 12.8. The summed E-state index contributed by atoms with van der Waals surface area (Å²) in [5.41, 5.74) is 0.341. The third kappa shape index (κ3) is 4.02. The van der Waals surface area contributed by atoms with Crippen LogP contribution >= 0.6 is 0 Å². The molecule has 0 saturated carbocycles. The van der Waals surface area contributed by atoms with Crippen LogP contribution in [-0.4, -0.2) is 37.3 Å². The van der Waals surface area contributed by atoms with Crippen molar-refractivity contribution in [3.8, 4) is 17.1 Å². The molecule has 0 aliphatic rings. The molecule has 4 aromatic rings. The van der Waals surface area contributed by atoms with E-state index in [4.69, 9.17) is 4.74 Å². The van der Waals surface area contributed by atoms with Crippen molar-refractivity contribution in [3.05, 3.63) is 75.2 Å². The van der Waals surface area contributed by atoms with E-state index in [1.54, 1.807) is 38.3 Å². The van der Waals surface area contributed by atoms with E-state index in [9.17, 15) is 14.4 Å². The molecule has 10 heteroatoms. The molecule has 0 saturated heterocycles. The molecule has 0 bridgehead atoms. The Balaban J connectivity index is 1.49. The third-order valence-electron chi connectivity index (χ3n) is 5.08. The number of aromatic amines is 1. The van der Waals surface area contributed by atoms with Gasteiger partial charge in [0, 0.05) is 12.1 Å². The quantitative estimate of drug-likeness (QED) is 0.452. The highest BCUT2D eigenvalue weighted by Gasteiger charge is 2.15. The van der Waals surface area contributed by atoms with Crippen LogP contribution in [0.1, 0.15) is 12.7 Å². The second-order valence-corrected chi connectivity index (χ2v) is 7.05. The number of methoxy groups -OCH3 is 1. The SMILES string of the molecule is CCn1c(=O)c2ccccc2n(CC(=O)NCc2nc(-c3ccc(OC)cc3)n[nH]2)c1=O. The number of para-hydroxylation sites is 1. The van der Waals surface area contributed by atoms with E-state index in [1.165, 1.54) is 4.57 Å². The summed E-state index contributed by atoms with van der Waals surface area (Å²) in [5.74, 6) is 1.31. The summed E-state index contributed by atoms with van der Waals surface area (Å²) in [4.78, 5) is 42.2. The fourth-order valence-electron chi connectivity index (χ4n) is 3.43. The van der Waals surface area contributed by atoms with E-state index < -0.39 is 5.69 Å². The molecular formula is C22H22N6O4. The van der Waals surface area contributed by atoms with Gasteiger partial charge < -0.3 is 10.1 Å². The van der Waals surface area contributed by atoms with Gasteiger partial charge in [0.1, 0.15) is 18.1 Å². The highest BCUT2D eigenvalue weighted by Crippen LogP contribution is 2.18. The summed E-state index contributed by atoms with van der Waals surface area (Å²) < 4.78 is 7.56. The monoisotopic (exact) mass is 434 g/mol. The number of amides is 1. The van der Waals surface area contributed by atoms with E-state index in [0.29, 0.717) is 22.6 Å². The normalized spacial score (nSPS) is 10.9. The highest BCUT2D eigenvalue weighted by atomic mass is 16.5. The zero-order valence-corrected chi connectivity index (χ0v) is 17.7. The average Bonchev–Trinajstić information content (AvgIpc) is 3.30. The molecule has 1 amide bonds. The highest BCUT2D eigenvalue weighted by molar-refractivity contribution is 5.81. The first-order chi connectivity index (χ1) is 15.5. The molecule has 0 atom stereocenters. The number of rotatable bonds is 7. The molecule has 2 aromatic carbocycles. The number of fused-ring (bicyclic) bond motifs is 1. The standard InChI is InChI=1S/C22H22N6O4/c1-3-27-21(30)16-6-4-5-7-17(16)28(22(27)31)13-19(29)23-12-18-24-20(26-25-18)14-8-10-15(32-2)11-9-14/h4-11H,3,12-13H2,1-2H3,(H,23,29)(H,24,25,26).